The normalized spacial score (nSPS) is 20.2. The van der Waals surface area contributed by atoms with Crippen molar-refractivity contribution in [3.63, 3.8) is 0 Å². The average Bonchev–Trinajstić information content (AvgIpc) is 2.48. The third-order valence-corrected chi connectivity index (χ3v) is 7.20. The lowest BCUT2D eigenvalue weighted by atomic mass is 9.97. The van der Waals surface area contributed by atoms with Gasteiger partial charge in [0, 0.05) is 11.0 Å². The zero-order valence-electron chi connectivity index (χ0n) is 12.8. The maximum absolute atomic E-state index is 10.8. The molecule has 0 bridgehead atoms. The Balaban J connectivity index is 2.31. The molecular formula is C18H22NOP. The predicted molar refractivity (Wildman–Crippen MR) is 92.1 cm³/mol. The van der Waals surface area contributed by atoms with E-state index in [9.17, 15) is 5.11 Å². The molecule has 0 amide bonds. The molecule has 21 heavy (non-hydrogen) atoms. The molecule has 0 fully saturated rings. The molecule has 1 aliphatic rings. The van der Waals surface area contributed by atoms with E-state index in [0.717, 1.165) is 23.2 Å². The standard InChI is InChI=1S/C18H22NOP/c1-4-12-9-10-14-17(20)13-7-5-6-8-15(13)21(11(2)3)18(14)16(12)19/h5-11,17,20H,4,19H2,1-3H3. The van der Waals surface area contributed by atoms with Crippen molar-refractivity contribution < 1.29 is 5.11 Å². The van der Waals surface area contributed by atoms with Gasteiger partial charge in [0.25, 0.3) is 0 Å². The van der Waals surface area contributed by atoms with E-state index in [1.165, 1.54) is 16.2 Å². The maximum Gasteiger partial charge on any atom is 0.105 e. The molecule has 2 aromatic rings. The van der Waals surface area contributed by atoms with Gasteiger partial charge in [-0.2, -0.15) is 0 Å². The van der Waals surface area contributed by atoms with Gasteiger partial charge in [0.15, 0.2) is 0 Å². The molecule has 2 nitrogen and oxygen atoms in total. The molecule has 110 valence electrons. The molecule has 2 atom stereocenters. The van der Waals surface area contributed by atoms with Crippen LogP contribution in [0.25, 0.3) is 0 Å². The number of rotatable bonds is 2. The predicted octanol–water partition coefficient (Wildman–Crippen LogP) is 3.07. The number of aryl methyl sites for hydroxylation is 1. The van der Waals surface area contributed by atoms with E-state index in [1.54, 1.807) is 0 Å². The van der Waals surface area contributed by atoms with Gasteiger partial charge >= 0.3 is 0 Å². The maximum atomic E-state index is 10.8. The Morgan fingerprint density at radius 3 is 2.52 bits per heavy atom. The van der Waals surface area contributed by atoms with Crippen LogP contribution < -0.4 is 16.3 Å². The van der Waals surface area contributed by atoms with Crippen LogP contribution >= 0.6 is 7.92 Å². The van der Waals surface area contributed by atoms with E-state index in [1.807, 2.05) is 12.1 Å². The number of aliphatic hydroxyl groups is 1. The number of hydrogen-bond acceptors (Lipinski definition) is 2. The third-order valence-electron chi connectivity index (χ3n) is 4.26. The Kier molecular flexibility index (Phi) is 3.77. The lowest BCUT2D eigenvalue weighted by Crippen LogP contribution is -2.33. The summed E-state index contributed by atoms with van der Waals surface area (Å²) >= 11 is 0. The number of hydrogen-bond donors (Lipinski definition) is 2. The summed E-state index contributed by atoms with van der Waals surface area (Å²) in [7, 11) is -0.517. The number of fused-ring (bicyclic) bond motifs is 2. The van der Waals surface area contributed by atoms with Crippen LogP contribution in [0.2, 0.25) is 0 Å². The smallest absolute Gasteiger partial charge is 0.105 e. The van der Waals surface area contributed by atoms with Crippen molar-refractivity contribution in [3.05, 3.63) is 53.1 Å². The second-order valence-electron chi connectivity index (χ2n) is 5.85. The Morgan fingerprint density at radius 1 is 1.14 bits per heavy atom. The first kappa shape index (κ1) is 14.6. The number of benzene rings is 2. The van der Waals surface area contributed by atoms with E-state index >= 15 is 0 Å². The van der Waals surface area contributed by atoms with Gasteiger partial charge in [0.2, 0.25) is 0 Å². The molecule has 1 heterocycles. The summed E-state index contributed by atoms with van der Waals surface area (Å²) in [5, 5.41) is 13.2. The fourth-order valence-electron chi connectivity index (χ4n) is 3.23. The van der Waals surface area contributed by atoms with Crippen LogP contribution in [0.3, 0.4) is 0 Å². The highest BCUT2D eigenvalue weighted by atomic mass is 31.1. The monoisotopic (exact) mass is 299 g/mol. The Hall–Kier alpha value is -1.37. The van der Waals surface area contributed by atoms with Crippen LogP contribution in [0.1, 0.15) is 43.6 Å². The van der Waals surface area contributed by atoms with Gasteiger partial charge in [-0.25, -0.2) is 0 Å². The van der Waals surface area contributed by atoms with E-state index in [-0.39, 0.29) is 0 Å². The minimum atomic E-state index is -0.554. The number of aliphatic hydroxyl groups excluding tert-OH is 1. The van der Waals surface area contributed by atoms with Crippen molar-refractivity contribution in [2.45, 2.75) is 39.0 Å². The minimum absolute atomic E-state index is 0.502. The van der Waals surface area contributed by atoms with E-state index < -0.39 is 14.0 Å². The van der Waals surface area contributed by atoms with Gasteiger partial charge in [-0.15, -0.1) is 0 Å². The molecule has 3 heteroatoms. The summed E-state index contributed by atoms with van der Waals surface area (Å²) < 4.78 is 0. The summed E-state index contributed by atoms with van der Waals surface area (Å²) in [5.74, 6) is 0. The van der Waals surface area contributed by atoms with E-state index in [0.29, 0.717) is 5.66 Å². The second kappa shape index (κ2) is 5.44. The van der Waals surface area contributed by atoms with Crippen LogP contribution in [0.15, 0.2) is 36.4 Å². The van der Waals surface area contributed by atoms with E-state index in [2.05, 4.69) is 45.0 Å². The molecule has 0 saturated carbocycles. The van der Waals surface area contributed by atoms with E-state index in [4.69, 9.17) is 5.73 Å². The molecule has 0 saturated heterocycles. The summed E-state index contributed by atoms with van der Waals surface area (Å²) in [6, 6.07) is 12.4. The topological polar surface area (TPSA) is 46.2 Å². The zero-order valence-corrected chi connectivity index (χ0v) is 13.7. The van der Waals surface area contributed by atoms with Crippen molar-refractivity contribution in [1.82, 2.24) is 0 Å². The quantitative estimate of drug-likeness (QED) is 0.661. The SMILES string of the molecule is CCc1ccc2c(c1N)P(C(C)C)c1ccccc1C2O. The molecule has 2 unspecified atom stereocenters. The van der Waals surface area contributed by atoms with Crippen LogP contribution in [-0.4, -0.2) is 10.8 Å². The molecule has 3 N–H and O–H groups in total. The Morgan fingerprint density at radius 2 is 1.86 bits per heavy atom. The lowest BCUT2D eigenvalue weighted by Gasteiger charge is -2.35. The van der Waals surface area contributed by atoms with Crippen molar-refractivity contribution in [1.29, 1.82) is 0 Å². The lowest BCUT2D eigenvalue weighted by molar-refractivity contribution is 0.222. The second-order valence-corrected chi connectivity index (χ2v) is 8.56. The largest absolute Gasteiger partial charge is 0.398 e. The zero-order chi connectivity index (χ0) is 15.1. The van der Waals surface area contributed by atoms with Crippen molar-refractivity contribution >= 4 is 24.2 Å². The van der Waals surface area contributed by atoms with Gasteiger partial charge < -0.3 is 10.8 Å². The van der Waals surface area contributed by atoms with Crippen molar-refractivity contribution in [2.75, 3.05) is 5.73 Å². The number of nitrogens with two attached hydrogens (primary N) is 1. The summed E-state index contributed by atoms with van der Waals surface area (Å²) in [5.41, 5.74) is 11.1. The molecule has 0 aliphatic carbocycles. The van der Waals surface area contributed by atoms with Crippen LogP contribution in [0.5, 0.6) is 0 Å². The molecule has 2 aromatic carbocycles. The van der Waals surface area contributed by atoms with Gasteiger partial charge in [-0.05, 0) is 42.0 Å². The first-order valence-corrected chi connectivity index (χ1v) is 8.94. The number of nitrogen functional groups attached to an aromatic ring is 1. The average molecular weight is 299 g/mol. The third kappa shape index (κ3) is 2.18. The Bertz CT molecular complexity index is 681. The first-order valence-electron chi connectivity index (χ1n) is 7.53. The van der Waals surface area contributed by atoms with Gasteiger partial charge in [-0.1, -0.05) is 57.2 Å². The summed E-state index contributed by atoms with van der Waals surface area (Å²) in [6.07, 6.45) is 0.375. The minimum Gasteiger partial charge on any atom is -0.398 e. The highest BCUT2D eigenvalue weighted by Crippen LogP contribution is 2.49. The highest BCUT2D eigenvalue weighted by molar-refractivity contribution is 7.74. The fourth-order valence-corrected chi connectivity index (χ4v) is 6.14. The van der Waals surface area contributed by atoms with Crippen molar-refractivity contribution in [3.8, 4) is 0 Å². The van der Waals surface area contributed by atoms with Gasteiger partial charge in [0.1, 0.15) is 6.10 Å². The van der Waals surface area contributed by atoms with Crippen molar-refractivity contribution in [2.24, 2.45) is 0 Å². The van der Waals surface area contributed by atoms with Gasteiger partial charge in [-0.3, -0.25) is 0 Å². The van der Waals surface area contributed by atoms with Crippen LogP contribution in [-0.2, 0) is 6.42 Å². The fraction of sp³-hybridized carbons (Fsp3) is 0.333. The molecule has 0 spiro atoms. The summed E-state index contributed by atoms with van der Waals surface area (Å²) in [6.45, 7) is 6.63. The first-order chi connectivity index (χ1) is 10.1. The van der Waals surface area contributed by atoms with Crippen LogP contribution in [0, 0.1) is 0 Å². The Labute approximate surface area is 127 Å². The molecule has 0 radical (unpaired) electrons. The molecule has 0 aromatic heterocycles. The number of anilines is 1. The highest BCUT2D eigenvalue weighted by Gasteiger charge is 2.34. The van der Waals surface area contributed by atoms with Crippen LogP contribution in [0.4, 0.5) is 5.69 Å². The molecule has 1 aliphatic heterocycles. The molecule has 3 rings (SSSR count). The summed E-state index contributed by atoms with van der Waals surface area (Å²) in [4.78, 5) is 0. The van der Waals surface area contributed by atoms with Gasteiger partial charge in [0.05, 0.1) is 0 Å². The molecular weight excluding hydrogens is 277 g/mol.